The number of ether oxygens (including phenoxy) is 1. The van der Waals surface area contributed by atoms with Crippen LogP contribution in [0.3, 0.4) is 0 Å². The van der Waals surface area contributed by atoms with Crippen LogP contribution in [0.1, 0.15) is 51.3 Å². The summed E-state index contributed by atoms with van der Waals surface area (Å²) < 4.78 is 5.51. The van der Waals surface area contributed by atoms with Crippen LogP contribution < -0.4 is 0 Å². The topological polar surface area (TPSA) is 62.4 Å². The summed E-state index contributed by atoms with van der Waals surface area (Å²) in [5, 5.41) is 1.14. The van der Waals surface area contributed by atoms with Crippen molar-refractivity contribution in [2.45, 2.75) is 52.2 Å². The number of carbonyl (C=O) groups is 2. The molecule has 24 heavy (non-hydrogen) atoms. The van der Waals surface area contributed by atoms with Crippen molar-refractivity contribution in [1.82, 2.24) is 9.88 Å². The molecule has 3 rings (SSSR count). The lowest BCUT2D eigenvalue weighted by atomic mass is 9.88. The zero-order valence-electron chi connectivity index (χ0n) is 14.7. The SMILES string of the molecule is CC(=O)CC1CN(C(=O)OC(C)(C)C)Cc2[nH]c3ccccc3c21. The molecule has 1 aromatic heterocycles. The fourth-order valence-corrected chi connectivity index (χ4v) is 3.40. The molecule has 1 atom stereocenters. The van der Waals surface area contributed by atoms with E-state index < -0.39 is 5.60 Å². The Morgan fingerprint density at radius 2 is 2.00 bits per heavy atom. The monoisotopic (exact) mass is 328 g/mol. The second-order valence-electron chi connectivity index (χ2n) is 7.53. The minimum atomic E-state index is -0.534. The van der Waals surface area contributed by atoms with Crippen LogP contribution in [0.2, 0.25) is 0 Å². The fourth-order valence-electron chi connectivity index (χ4n) is 3.40. The average molecular weight is 328 g/mol. The second kappa shape index (κ2) is 5.96. The van der Waals surface area contributed by atoms with E-state index in [-0.39, 0.29) is 17.8 Å². The van der Waals surface area contributed by atoms with Gasteiger partial charge in [0.05, 0.1) is 6.54 Å². The van der Waals surface area contributed by atoms with E-state index in [1.54, 1.807) is 11.8 Å². The van der Waals surface area contributed by atoms with E-state index in [1.165, 1.54) is 5.56 Å². The molecule has 0 saturated heterocycles. The Bertz CT molecular complexity index is 785. The van der Waals surface area contributed by atoms with Crippen LogP contribution >= 0.6 is 0 Å². The van der Waals surface area contributed by atoms with Crippen molar-refractivity contribution < 1.29 is 14.3 Å². The predicted octanol–water partition coefficient (Wildman–Crippen LogP) is 3.98. The molecule has 5 heteroatoms. The molecule has 1 aromatic carbocycles. The average Bonchev–Trinajstić information content (AvgIpc) is 2.83. The quantitative estimate of drug-likeness (QED) is 0.907. The highest BCUT2D eigenvalue weighted by atomic mass is 16.6. The highest BCUT2D eigenvalue weighted by Crippen LogP contribution is 2.37. The van der Waals surface area contributed by atoms with Crippen LogP contribution in [0, 0.1) is 0 Å². The van der Waals surface area contributed by atoms with Crippen LogP contribution in [-0.2, 0) is 16.1 Å². The molecule has 1 N–H and O–H groups in total. The Balaban J connectivity index is 1.97. The van der Waals surface area contributed by atoms with Gasteiger partial charge in [-0.1, -0.05) is 18.2 Å². The number of nitrogens with zero attached hydrogens (tertiary/aromatic N) is 1. The van der Waals surface area contributed by atoms with Gasteiger partial charge in [0.15, 0.2) is 0 Å². The van der Waals surface area contributed by atoms with E-state index in [0.29, 0.717) is 19.5 Å². The van der Waals surface area contributed by atoms with Crippen molar-refractivity contribution in [3.8, 4) is 0 Å². The predicted molar refractivity (Wildman–Crippen MR) is 93.0 cm³/mol. The van der Waals surface area contributed by atoms with Gasteiger partial charge < -0.3 is 19.4 Å². The van der Waals surface area contributed by atoms with Gasteiger partial charge in [-0.15, -0.1) is 0 Å². The van der Waals surface area contributed by atoms with E-state index in [0.717, 1.165) is 16.6 Å². The summed E-state index contributed by atoms with van der Waals surface area (Å²) in [5.74, 6) is 0.122. The first-order valence-corrected chi connectivity index (χ1v) is 8.31. The first-order chi connectivity index (χ1) is 11.2. The summed E-state index contributed by atoms with van der Waals surface area (Å²) in [6.45, 7) is 8.15. The number of aromatic nitrogens is 1. The van der Waals surface area contributed by atoms with Gasteiger partial charge in [-0.05, 0) is 39.3 Å². The Morgan fingerprint density at radius 3 is 2.67 bits per heavy atom. The summed E-state index contributed by atoms with van der Waals surface area (Å²) in [7, 11) is 0. The van der Waals surface area contributed by atoms with Crippen molar-refractivity contribution in [3.05, 3.63) is 35.5 Å². The number of hydrogen-bond donors (Lipinski definition) is 1. The molecule has 1 aliphatic heterocycles. The van der Waals surface area contributed by atoms with E-state index >= 15 is 0 Å². The maximum atomic E-state index is 12.5. The van der Waals surface area contributed by atoms with Crippen molar-refractivity contribution >= 4 is 22.8 Å². The second-order valence-corrected chi connectivity index (χ2v) is 7.53. The van der Waals surface area contributed by atoms with Gasteiger partial charge in [0.2, 0.25) is 0 Å². The molecular weight excluding hydrogens is 304 g/mol. The van der Waals surface area contributed by atoms with Gasteiger partial charge in [-0.3, -0.25) is 0 Å². The molecule has 0 bridgehead atoms. The number of carbonyl (C=O) groups excluding carboxylic acids is 2. The molecule has 2 aromatic rings. The highest BCUT2D eigenvalue weighted by Gasteiger charge is 2.33. The summed E-state index contributed by atoms with van der Waals surface area (Å²) >= 11 is 0. The lowest BCUT2D eigenvalue weighted by molar-refractivity contribution is -0.117. The molecule has 1 unspecified atom stereocenters. The number of amides is 1. The van der Waals surface area contributed by atoms with E-state index in [4.69, 9.17) is 4.74 Å². The van der Waals surface area contributed by atoms with Gasteiger partial charge in [0.1, 0.15) is 11.4 Å². The van der Waals surface area contributed by atoms with Crippen molar-refractivity contribution in [2.24, 2.45) is 0 Å². The molecule has 0 fully saturated rings. The molecule has 5 nitrogen and oxygen atoms in total. The van der Waals surface area contributed by atoms with E-state index in [9.17, 15) is 9.59 Å². The maximum absolute atomic E-state index is 12.5. The van der Waals surface area contributed by atoms with Gasteiger partial charge >= 0.3 is 6.09 Å². The Kier molecular flexibility index (Phi) is 4.11. The summed E-state index contributed by atoms with van der Waals surface area (Å²) in [4.78, 5) is 29.3. The first-order valence-electron chi connectivity index (χ1n) is 8.31. The normalized spacial score (nSPS) is 17.7. The Labute approximate surface area is 142 Å². The number of ketones is 1. The molecule has 0 radical (unpaired) electrons. The number of H-pyrrole nitrogens is 1. The van der Waals surface area contributed by atoms with Gasteiger partial charge in [-0.25, -0.2) is 4.79 Å². The molecule has 0 saturated carbocycles. The van der Waals surface area contributed by atoms with Gasteiger partial charge in [0.25, 0.3) is 0 Å². The zero-order chi connectivity index (χ0) is 17.5. The number of rotatable bonds is 2. The third-order valence-electron chi connectivity index (χ3n) is 4.21. The summed E-state index contributed by atoms with van der Waals surface area (Å²) in [5.41, 5.74) is 2.68. The minimum absolute atomic E-state index is 0.00471. The molecular formula is C19H24N2O3. The summed E-state index contributed by atoms with van der Waals surface area (Å²) in [6, 6.07) is 8.08. The van der Waals surface area contributed by atoms with Crippen molar-refractivity contribution in [1.29, 1.82) is 0 Å². The highest BCUT2D eigenvalue weighted by molar-refractivity contribution is 5.87. The number of hydrogen-bond acceptors (Lipinski definition) is 3. The maximum Gasteiger partial charge on any atom is 0.410 e. The summed E-state index contributed by atoms with van der Waals surface area (Å²) in [6.07, 6.45) is 0.0917. The molecule has 2 heterocycles. The van der Waals surface area contributed by atoms with E-state index in [1.807, 2.05) is 39.0 Å². The van der Waals surface area contributed by atoms with Gasteiger partial charge in [-0.2, -0.15) is 0 Å². The number of nitrogens with one attached hydrogen (secondary N) is 1. The van der Waals surface area contributed by atoms with Crippen molar-refractivity contribution in [2.75, 3.05) is 6.54 Å². The smallest absolute Gasteiger partial charge is 0.410 e. The molecule has 1 amide bonds. The van der Waals surface area contributed by atoms with E-state index in [2.05, 4.69) is 11.1 Å². The lowest BCUT2D eigenvalue weighted by Gasteiger charge is -2.34. The van der Waals surface area contributed by atoms with Crippen LogP contribution in [0.5, 0.6) is 0 Å². The Morgan fingerprint density at radius 1 is 1.29 bits per heavy atom. The zero-order valence-corrected chi connectivity index (χ0v) is 14.7. The number of aromatic amines is 1. The van der Waals surface area contributed by atoms with Crippen LogP contribution in [0.4, 0.5) is 4.79 Å². The van der Waals surface area contributed by atoms with Crippen LogP contribution in [0.15, 0.2) is 24.3 Å². The van der Waals surface area contributed by atoms with Crippen LogP contribution in [-0.4, -0.2) is 33.9 Å². The van der Waals surface area contributed by atoms with Crippen LogP contribution in [0.25, 0.3) is 10.9 Å². The van der Waals surface area contributed by atoms with Crippen molar-refractivity contribution in [3.63, 3.8) is 0 Å². The third kappa shape index (κ3) is 3.30. The molecule has 1 aliphatic rings. The largest absolute Gasteiger partial charge is 0.444 e. The molecule has 128 valence electrons. The Hall–Kier alpha value is -2.30. The van der Waals surface area contributed by atoms with Gasteiger partial charge in [0, 0.05) is 35.5 Å². The standard InChI is InChI=1S/C19H24N2O3/c1-12(22)9-13-10-21(18(23)24-19(2,3)4)11-16-17(13)14-7-5-6-8-15(14)20-16/h5-8,13,20H,9-11H2,1-4H3. The first kappa shape index (κ1) is 16.6. The molecule has 0 spiro atoms. The third-order valence-corrected chi connectivity index (χ3v) is 4.21. The number of benzene rings is 1. The molecule has 0 aliphatic carbocycles. The number of Topliss-reactive ketones (excluding diaryl/α,β-unsaturated/α-hetero) is 1. The minimum Gasteiger partial charge on any atom is -0.444 e. The lowest BCUT2D eigenvalue weighted by Crippen LogP contribution is -2.41. The fraction of sp³-hybridized carbons (Fsp3) is 0.474. The number of fused-ring (bicyclic) bond motifs is 3. The number of para-hydroxylation sites is 1.